The molecule has 7 N–H and O–H groups in total. The zero-order valence-electron chi connectivity index (χ0n) is 53.3. The largest absolute Gasteiger partial charge is 0.493 e. The van der Waals surface area contributed by atoms with E-state index in [0.717, 1.165) is 127 Å². The van der Waals surface area contributed by atoms with Crippen LogP contribution in [-0.4, -0.2) is 128 Å². The van der Waals surface area contributed by atoms with E-state index >= 15 is 0 Å². The lowest BCUT2D eigenvalue weighted by Gasteiger charge is -2.39. The second-order valence-corrected chi connectivity index (χ2v) is 23.1. The van der Waals surface area contributed by atoms with Crippen molar-refractivity contribution in [1.82, 2.24) is 20.4 Å². The average Bonchev–Trinajstić information content (AvgIpc) is 1.59. The molecule has 3 aliphatic heterocycles. The van der Waals surface area contributed by atoms with Gasteiger partial charge in [0.2, 0.25) is 0 Å². The Bertz CT molecular complexity index is 3190. The second kappa shape index (κ2) is 34.6. The van der Waals surface area contributed by atoms with E-state index in [1.807, 2.05) is 77.1 Å². The van der Waals surface area contributed by atoms with Crippen molar-refractivity contribution >= 4 is 46.6 Å². The fraction of sp³-hybridized carbons (Fsp3) is 0.437. The van der Waals surface area contributed by atoms with Crippen LogP contribution in [0.25, 0.3) is 0 Å². The van der Waals surface area contributed by atoms with Crippen molar-refractivity contribution < 1.29 is 52.7 Å². The third-order valence-electron chi connectivity index (χ3n) is 16.9. The number of nitrogens with one attached hydrogen (secondary N) is 6. The minimum atomic E-state index is -0.261. The van der Waals surface area contributed by atoms with E-state index in [2.05, 4.69) is 48.6 Å². The number of carbonyl (C=O) groups is 4. The lowest BCUT2D eigenvalue weighted by atomic mass is 10.0. The summed E-state index contributed by atoms with van der Waals surface area (Å²) in [7, 11) is 1.55. The third-order valence-corrected chi connectivity index (χ3v) is 16.9. The van der Waals surface area contributed by atoms with Crippen LogP contribution in [0.15, 0.2) is 133 Å². The highest BCUT2D eigenvalue weighted by Gasteiger charge is 2.28. The number of urea groups is 2. The van der Waals surface area contributed by atoms with Crippen molar-refractivity contribution in [3.63, 3.8) is 0 Å². The molecule has 0 bridgehead atoms. The first-order valence-electron chi connectivity index (χ1n) is 32.1. The minimum Gasteiger partial charge on any atom is -0.493 e. The quantitative estimate of drug-likeness (QED) is 0.0284. The number of anilines is 4. The van der Waals surface area contributed by atoms with Gasteiger partial charge in [0.05, 0.1) is 13.7 Å². The minimum absolute atomic E-state index is 0.124. The molecule has 6 aromatic carbocycles. The molecule has 0 aromatic heterocycles. The van der Waals surface area contributed by atoms with Crippen LogP contribution in [0.4, 0.5) is 32.3 Å². The number of aliphatic hydroxyl groups excluding tert-OH is 1. The maximum atomic E-state index is 12.9. The Morgan fingerprint density at radius 1 is 0.500 bits per heavy atom. The zero-order valence-corrected chi connectivity index (χ0v) is 53.3. The molecule has 6 amide bonds. The summed E-state index contributed by atoms with van der Waals surface area (Å²) in [6.45, 7) is 18.1. The molecule has 9 rings (SSSR count). The first kappa shape index (κ1) is 67.6. The molecular weight excluding hydrogens is 1140 g/mol. The third kappa shape index (κ3) is 20.3. The Morgan fingerprint density at radius 3 is 1.39 bits per heavy atom. The van der Waals surface area contributed by atoms with Gasteiger partial charge in [-0.2, -0.15) is 0 Å². The Balaban J connectivity index is 0.000000233. The number of ether oxygens (including phenoxy) is 6. The number of nitrogens with zero attached hydrogens (tertiary/aromatic N) is 2. The van der Waals surface area contributed by atoms with Gasteiger partial charge in [0, 0.05) is 104 Å². The predicted octanol–water partition coefficient (Wildman–Crippen LogP) is 14.0. The number of methoxy groups -OCH3 is 1. The van der Waals surface area contributed by atoms with Gasteiger partial charge in [0.15, 0.2) is 11.5 Å². The van der Waals surface area contributed by atoms with E-state index < -0.39 is 0 Å². The number of likely N-dealkylation sites (tertiary alicyclic amines) is 2. The van der Waals surface area contributed by atoms with Crippen molar-refractivity contribution in [3.05, 3.63) is 150 Å². The smallest absolute Gasteiger partial charge is 0.319 e. The normalized spacial score (nSPS) is 15.4. The summed E-state index contributed by atoms with van der Waals surface area (Å²) in [6, 6.07) is 40.2. The van der Waals surface area contributed by atoms with Crippen LogP contribution in [0.2, 0.25) is 0 Å². The van der Waals surface area contributed by atoms with E-state index in [1.54, 1.807) is 98.1 Å². The van der Waals surface area contributed by atoms with Crippen molar-refractivity contribution in [3.8, 4) is 40.2 Å². The number of rotatable bonds is 25. The monoisotopic (exact) mass is 1230 g/mol. The van der Waals surface area contributed by atoms with Crippen molar-refractivity contribution in [1.29, 1.82) is 0 Å². The van der Waals surface area contributed by atoms with Gasteiger partial charge < -0.3 is 65.4 Å². The number of hydrogen-bond acceptors (Lipinski definition) is 13. The lowest BCUT2D eigenvalue weighted by Crippen LogP contribution is -2.46. The van der Waals surface area contributed by atoms with E-state index in [9.17, 15) is 24.3 Å². The van der Waals surface area contributed by atoms with E-state index in [1.165, 1.54) is 0 Å². The van der Waals surface area contributed by atoms with E-state index in [-0.39, 0.29) is 60.8 Å². The summed E-state index contributed by atoms with van der Waals surface area (Å²) in [5.41, 5.74) is 4.55. The molecule has 0 radical (unpaired) electrons. The molecular formula is C71H92N8O11. The van der Waals surface area contributed by atoms with Crippen LogP contribution >= 0.6 is 0 Å². The van der Waals surface area contributed by atoms with Crippen LogP contribution in [0.5, 0.6) is 40.2 Å². The molecule has 19 nitrogen and oxygen atoms in total. The highest BCUT2D eigenvalue weighted by Crippen LogP contribution is 2.35. The number of carbonyl (C=O) groups excluding carboxylic acids is 4. The topological polar surface area (TPSA) is 223 Å². The van der Waals surface area contributed by atoms with Crippen LogP contribution in [0, 0.1) is 6.92 Å². The van der Waals surface area contributed by atoms with Gasteiger partial charge in [-0.25, -0.2) is 9.59 Å². The van der Waals surface area contributed by atoms with Gasteiger partial charge in [-0.1, -0.05) is 34.6 Å². The standard InChI is InChI=1S/C36H46N4O6.C35H46N4O5/c1-4-26(5-2)38-36(42)39-28-10-15-33(34(24-28)43-3)46-31-13-8-27(9-14-31)37-35(41)25-6-11-30(12-7-25)45-32-16-20-40(21-17-32)29-18-22-44-23-19-29;1-5-26(6-2)37-35(42)38-27-10-15-31(16-11-27)44-33-17-12-28(22-24(33)4)36-34(41)25-8-13-30(14-9-25)43-32-18-20-39(21-19-32)29(7-3)23-40/h6-15,24,26,29,32H,4-5,16-23H2,1-3H3,(H,37,41)(H2,38,39,42);8-17,22,26,29,32,40H,5-7,18-21,23H2,1-4H3,(H,36,41)(H2,37,38,42). The van der Waals surface area contributed by atoms with E-state index in [0.29, 0.717) is 68.7 Å². The number of aryl methyl sites for hydroxylation is 1. The second-order valence-electron chi connectivity index (χ2n) is 23.1. The van der Waals surface area contributed by atoms with E-state index in [4.69, 9.17) is 28.4 Å². The fourth-order valence-corrected chi connectivity index (χ4v) is 11.3. The Kier molecular flexibility index (Phi) is 26.0. The summed E-state index contributed by atoms with van der Waals surface area (Å²) < 4.78 is 35.5. The molecule has 3 heterocycles. The number of piperidine rings is 2. The molecule has 0 spiro atoms. The Labute approximate surface area is 530 Å². The van der Waals surface area contributed by atoms with Gasteiger partial charge in [-0.05, 0) is 211 Å². The van der Waals surface area contributed by atoms with Gasteiger partial charge in [0.1, 0.15) is 41.0 Å². The Morgan fingerprint density at radius 2 is 0.922 bits per heavy atom. The Hall–Kier alpha value is -8.36. The van der Waals surface area contributed by atoms with Gasteiger partial charge in [0.25, 0.3) is 11.8 Å². The van der Waals surface area contributed by atoms with Crippen LogP contribution in [0.3, 0.4) is 0 Å². The summed E-state index contributed by atoms with van der Waals surface area (Å²) in [5.74, 6) is 3.98. The molecule has 3 saturated heterocycles. The molecule has 90 heavy (non-hydrogen) atoms. The molecule has 19 heteroatoms. The maximum Gasteiger partial charge on any atom is 0.319 e. The van der Waals surface area contributed by atoms with Gasteiger partial charge in [-0.3, -0.25) is 19.4 Å². The molecule has 482 valence electrons. The van der Waals surface area contributed by atoms with Gasteiger partial charge in [-0.15, -0.1) is 0 Å². The summed E-state index contributed by atoms with van der Waals surface area (Å²) in [4.78, 5) is 55.3. The van der Waals surface area contributed by atoms with Crippen molar-refractivity contribution in [2.24, 2.45) is 0 Å². The predicted molar refractivity (Wildman–Crippen MR) is 354 cm³/mol. The number of benzene rings is 6. The zero-order chi connectivity index (χ0) is 63.8. The summed E-state index contributed by atoms with van der Waals surface area (Å²) in [6.07, 6.45) is 10.8. The SMILES string of the molecule is CCC(CC)NC(=O)Nc1ccc(Oc2ccc(NC(=O)c3ccc(OC4CCN(C(CC)CO)CC4)cc3)cc2C)cc1.CCC(CC)NC(=O)Nc1ccc(Oc2ccc(NC(=O)c3ccc(OC4CCN(C5CCOCC5)CC4)cc3)cc2)c(OC)c1. The van der Waals surface area contributed by atoms with Crippen LogP contribution < -0.4 is 55.6 Å². The molecule has 1 atom stereocenters. The van der Waals surface area contributed by atoms with Gasteiger partial charge >= 0.3 is 12.1 Å². The van der Waals surface area contributed by atoms with Crippen molar-refractivity contribution in [2.45, 2.75) is 149 Å². The molecule has 0 aliphatic carbocycles. The molecule has 3 aliphatic rings. The highest BCUT2D eigenvalue weighted by molar-refractivity contribution is 6.05. The molecule has 6 aromatic rings. The molecule has 3 fully saturated rings. The van der Waals surface area contributed by atoms with Crippen LogP contribution in [0.1, 0.15) is 132 Å². The number of aliphatic hydroxyl groups is 1. The first-order chi connectivity index (χ1) is 43.7. The average molecular weight is 1230 g/mol. The van der Waals surface area contributed by atoms with Crippen molar-refractivity contribution in [2.75, 3.05) is 74.4 Å². The lowest BCUT2D eigenvalue weighted by molar-refractivity contribution is 0.0101. The fourth-order valence-electron chi connectivity index (χ4n) is 11.3. The number of hydrogen-bond donors (Lipinski definition) is 7. The van der Waals surface area contributed by atoms with Crippen LogP contribution in [-0.2, 0) is 4.74 Å². The molecule has 0 saturated carbocycles. The highest BCUT2D eigenvalue weighted by atomic mass is 16.5. The maximum absolute atomic E-state index is 12.9. The first-order valence-corrected chi connectivity index (χ1v) is 32.1. The summed E-state index contributed by atoms with van der Waals surface area (Å²) >= 11 is 0. The number of amides is 6. The molecule has 1 unspecified atom stereocenters. The summed E-state index contributed by atoms with van der Waals surface area (Å²) in [5, 5.41) is 27.0.